The summed E-state index contributed by atoms with van der Waals surface area (Å²) in [6.07, 6.45) is -10.8. The van der Waals surface area contributed by atoms with Crippen LogP contribution in [-0.4, -0.2) is 12.4 Å². The monoisotopic (exact) mass is 192 g/mol. The van der Waals surface area contributed by atoms with Crippen LogP contribution in [-0.2, 0) is 0 Å². The van der Waals surface area contributed by atoms with Gasteiger partial charge in [0.25, 0.3) is 0 Å². The number of alkyl halides is 6. The standard InChI is InChI=1S/C6H6F6/c1-2-3-4(5(7,8)9)6(10,11)12/h3H,2H2,1H3. The Hall–Kier alpha value is -0.680. The number of halogens is 6. The molecule has 0 spiro atoms. The summed E-state index contributed by atoms with van der Waals surface area (Å²) in [6, 6.07) is 0. The molecule has 0 bridgehead atoms. The Bertz CT molecular complexity index is 155. The summed E-state index contributed by atoms with van der Waals surface area (Å²) in [5.74, 6) is 0. The molecule has 0 saturated heterocycles. The molecule has 0 aromatic heterocycles. The zero-order chi connectivity index (χ0) is 9.99. The highest BCUT2D eigenvalue weighted by Crippen LogP contribution is 2.38. The molecule has 0 radical (unpaired) electrons. The van der Waals surface area contributed by atoms with E-state index in [2.05, 4.69) is 0 Å². The van der Waals surface area contributed by atoms with Gasteiger partial charge in [-0.2, -0.15) is 26.3 Å². The van der Waals surface area contributed by atoms with E-state index in [0.717, 1.165) is 0 Å². The summed E-state index contributed by atoms with van der Waals surface area (Å²) in [6.45, 7) is 1.21. The lowest BCUT2D eigenvalue weighted by molar-refractivity contribution is -0.172. The van der Waals surface area contributed by atoms with E-state index in [-0.39, 0.29) is 12.5 Å². The first-order valence-corrected chi connectivity index (χ1v) is 3.04. The van der Waals surface area contributed by atoms with Crippen LogP contribution in [0.1, 0.15) is 13.3 Å². The molecule has 0 fully saturated rings. The molecule has 0 aromatic rings. The molecule has 0 amide bonds. The van der Waals surface area contributed by atoms with E-state index >= 15 is 0 Å². The molecule has 0 nitrogen and oxygen atoms in total. The van der Waals surface area contributed by atoms with Crippen LogP contribution < -0.4 is 0 Å². The third-order valence-corrected chi connectivity index (χ3v) is 1.02. The van der Waals surface area contributed by atoms with Crippen LogP contribution in [0.3, 0.4) is 0 Å². The van der Waals surface area contributed by atoms with E-state index in [1.54, 1.807) is 0 Å². The first kappa shape index (κ1) is 11.3. The Morgan fingerprint density at radius 1 is 1.00 bits per heavy atom. The zero-order valence-electron chi connectivity index (χ0n) is 6.05. The van der Waals surface area contributed by atoms with Crippen LogP contribution in [0.15, 0.2) is 11.6 Å². The number of rotatable bonds is 1. The second-order valence-corrected chi connectivity index (χ2v) is 2.02. The van der Waals surface area contributed by atoms with Crippen LogP contribution in [0.4, 0.5) is 26.3 Å². The summed E-state index contributed by atoms with van der Waals surface area (Å²) in [5.41, 5.74) is -2.43. The van der Waals surface area contributed by atoms with E-state index in [0.29, 0.717) is 0 Å². The fraction of sp³-hybridized carbons (Fsp3) is 0.667. The zero-order valence-corrected chi connectivity index (χ0v) is 6.05. The van der Waals surface area contributed by atoms with Gasteiger partial charge in [-0.3, -0.25) is 0 Å². The second-order valence-electron chi connectivity index (χ2n) is 2.02. The molecule has 6 heteroatoms. The van der Waals surface area contributed by atoms with Gasteiger partial charge in [0.2, 0.25) is 0 Å². The van der Waals surface area contributed by atoms with Crippen molar-refractivity contribution in [2.24, 2.45) is 0 Å². The van der Waals surface area contributed by atoms with Crippen LogP contribution in [0.5, 0.6) is 0 Å². The van der Waals surface area contributed by atoms with Crippen LogP contribution in [0, 0.1) is 0 Å². The summed E-state index contributed by atoms with van der Waals surface area (Å²) in [4.78, 5) is 0. The maximum atomic E-state index is 11.6. The Labute approximate surface area is 64.9 Å². The van der Waals surface area contributed by atoms with Gasteiger partial charge in [0.1, 0.15) is 5.57 Å². The average molecular weight is 192 g/mol. The minimum Gasteiger partial charge on any atom is -0.166 e. The molecule has 0 aliphatic heterocycles. The maximum Gasteiger partial charge on any atom is 0.420 e. The number of hydrogen-bond acceptors (Lipinski definition) is 0. The van der Waals surface area contributed by atoms with Gasteiger partial charge in [-0.1, -0.05) is 13.0 Å². The Balaban J connectivity index is 4.83. The highest BCUT2D eigenvalue weighted by atomic mass is 19.4. The van der Waals surface area contributed by atoms with Gasteiger partial charge in [-0.25, -0.2) is 0 Å². The van der Waals surface area contributed by atoms with Crippen molar-refractivity contribution < 1.29 is 26.3 Å². The average Bonchev–Trinajstić information content (AvgIpc) is 1.77. The molecule has 0 heterocycles. The maximum absolute atomic E-state index is 11.6. The summed E-state index contributed by atoms with van der Waals surface area (Å²) in [7, 11) is 0. The van der Waals surface area contributed by atoms with Gasteiger partial charge >= 0.3 is 12.4 Å². The molecule has 0 aliphatic carbocycles. The van der Waals surface area contributed by atoms with Gasteiger partial charge in [-0.15, -0.1) is 0 Å². The third-order valence-electron chi connectivity index (χ3n) is 1.02. The summed E-state index contributed by atoms with van der Waals surface area (Å²) < 4.78 is 69.7. The molecule has 0 aliphatic rings. The molecule has 0 N–H and O–H groups in total. The lowest BCUT2D eigenvalue weighted by Gasteiger charge is -2.14. The first-order chi connectivity index (χ1) is 5.19. The van der Waals surface area contributed by atoms with E-state index in [1.807, 2.05) is 0 Å². The summed E-state index contributed by atoms with van der Waals surface area (Å²) >= 11 is 0. The minimum absolute atomic E-state index is 0.125. The molecule has 0 unspecified atom stereocenters. The van der Waals surface area contributed by atoms with Crippen LogP contribution >= 0.6 is 0 Å². The molecular formula is C6H6F6. The predicted octanol–water partition coefficient (Wildman–Crippen LogP) is 3.45. The second kappa shape index (κ2) is 3.37. The fourth-order valence-corrected chi connectivity index (χ4v) is 0.596. The highest BCUT2D eigenvalue weighted by Gasteiger charge is 2.50. The van der Waals surface area contributed by atoms with Gasteiger partial charge in [0, 0.05) is 0 Å². The SMILES string of the molecule is CCC=C(C(F)(F)F)C(F)(F)F. The van der Waals surface area contributed by atoms with Gasteiger partial charge in [0.15, 0.2) is 0 Å². The van der Waals surface area contributed by atoms with Crippen molar-refractivity contribution in [3.05, 3.63) is 11.6 Å². The van der Waals surface area contributed by atoms with E-state index in [1.165, 1.54) is 6.92 Å². The number of allylic oxidation sites excluding steroid dienone is 2. The van der Waals surface area contributed by atoms with Gasteiger partial charge in [-0.05, 0) is 6.42 Å². The third kappa shape index (κ3) is 3.15. The summed E-state index contributed by atoms with van der Waals surface area (Å²) in [5, 5.41) is 0. The topological polar surface area (TPSA) is 0 Å². The van der Waals surface area contributed by atoms with Crippen molar-refractivity contribution in [3.63, 3.8) is 0 Å². The quantitative estimate of drug-likeness (QED) is 0.441. The fourth-order valence-electron chi connectivity index (χ4n) is 0.596. The molecule has 0 saturated carbocycles. The highest BCUT2D eigenvalue weighted by molar-refractivity contribution is 5.14. The Morgan fingerprint density at radius 3 is 1.42 bits per heavy atom. The van der Waals surface area contributed by atoms with Crippen molar-refractivity contribution in [1.82, 2.24) is 0 Å². The molecular weight excluding hydrogens is 186 g/mol. The van der Waals surface area contributed by atoms with Crippen LogP contribution in [0.25, 0.3) is 0 Å². The van der Waals surface area contributed by atoms with Crippen molar-refractivity contribution in [3.8, 4) is 0 Å². The molecule has 0 atom stereocenters. The van der Waals surface area contributed by atoms with Crippen molar-refractivity contribution in [2.75, 3.05) is 0 Å². The minimum atomic E-state index is -5.31. The Kier molecular flexibility index (Phi) is 3.17. The van der Waals surface area contributed by atoms with Crippen molar-refractivity contribution in [1.29, 1.82) is 0 Å². The molecule has 0 rings (SSSR count). The predicted molar refractivity (Wildman–Crippen MR) is 30.5 cm³/mol. The molecule has 72 valence electrons. The normalized spacial score (nSPS) is 12.9. The largest absolute Gasteiger partial charge is 0.420 e. The lowest BCUT2D eigenvalue weighted by atomic mass is 10.2. The van der Waals surface area contributed by atoms with E-state index in [9.17, 15) is 26.3 Å². The molecule has 0 aromatic carbocycles. The molecule has 12 heavy (non-hydrogen) atoms. The lowest BCUT2D eigenvalue weighted by Crippen LogP contribution is -2.25. The van der Waals surface area contributed by atoms with E-state index in [4.69, 9.17) is 0 Å². The van der Waals surface area contributed by atoms with Crippen molar-refractivity contribution >= 4 is 0 Å². The van der Waals surface area contributed by atoms with Crippen LogP contribution in [0.2, 0.25) is 0 Å². The van der Waals surface area contributed by atoms with Gasteiger partial charge < -0.3 is 0 Å². The number of hydrogen-bond donors (Lipinski definition) is 0. The van der Waals surface area contributed by atoms with Gasteiger partial charge in [0.05, 0.1) is 0 Å². The van der Waals surface area contributed by atoms with Crippen molar-refractivity contribution in [2.45, 2.75) is 25.7 Å². The van der Waals surface area contributed by atoms with E-state index < -0.39 is 17.9 Å². The smallest absolute Gasteiger partial charge is 0.166 e. The Morgan fingerprint density at radius 2 is 1.33 bits per heavy atom. The first-order valence-electron chi connectivity index (χ1n) is 3.04.